The molecule has 3 nitrogen and oxygen atoms in total. The van der Waals surface area contributed by atoms with Crippen molar-refractivity contribution in [3.05, 3.63) is 63.4 Å². The van der Waals surface area contributed by atoms with Crippen molar-refractivity contribution >= 4 is 15.9 Å². The van der Waals surface area contributed by atoms with Crippen LogP contribution >= 0.6 is 15.9 Å². The summed E-state index contributed by atoms with van der Waals surface area (Å²) in [4.78, 5) is 0. The van der Waals surface area contributed by atoms with Crippen molar-refractivity contribution < 1.29 is 9.13 Å². The molecule has 0 saturated heterocycles. The van der Waals surface area contributed by atoms with Gasteiger partial charge in [0.1, 0.15) is 11.6 Å². The van der Waals surface area contributed by atoms with Gasteiger partial charge in [-0.2, -0.15) is 0 Å². The lowest BCUT2D eigenvalue weighted by molar-refractivity contribution is 0.413. The molecule has 112 valence electrons. The number of benzene rings is 2. The first-order valence-electron chi connectivity index (χ1n) is 6.59. The summed E-state index contributed by atoms with van der Waals surface area (Å²) in [6.07, 6.45) is 0.622. The van der Waals surface area contributed by atoms with E-state index in [0.717, 1.165) is 26.9 Å². The normalized spacial score (nSPS) is 12.2. The summed E-state index contributed by atoms with van der Waals surface area (Å²) in [5, 5.41) is 0. The van der Waals surface area contributed by atoms with Crippen LogP contribution in [0.5, 0.6) is 5.75 Å². The Morgan fingerprint density at radius 3 is 2.67 bits per heavy atom. The Labute approximate surface area is 132 Å². The van der Waals surface area contributed by atoms with Gasteiger partial charge in [-0.15, -0.1) is 0 Å². The first kappa shape index (κ1) is 15.9. The molecule has 0 aromatic heterocycles. The average molecular weight is 353 g/mol. The lowest BCUT2D eigenvalue weighted by atomic mass is 9.98. The van der Waals surface area contributed by atoms with Crippen LogP contribution in [0, 0.1) is 12.7 Å². The molecule has 1 unspecified atom stereocenters. The highest BCUT2D eigenvalue weighted by Gasteiger charge is 2.14. The van der Waals surface area contributed by atoms with Gasteiger partial charge in [-0.3, -0.25) is 11.3 Å². The Hall–Kier alpha value is -1.43. The minimum atomic E-state index is -0.255. The van der Waals surface area contributed by atoms with Crippen LogP contribution in [-0.4, -0.2) is 7.11 Å². The lowest BCUT2D eigenvalue weighted by Gasteiger charge is -2.18. The monoisotopic (exact) mass is 352 g/mol. The molecule has 0 saturated carbocycles. The maximum absolute atomic E-state index is 13.6. The summed E-state index contributed by atoms with van der Waals surface area (Å²) in [5.74, 6) is 6.18. The van der Waals surface area contributed by atoms with Gasteiger partial charge in [0, 0.05) is 4.47 Å². The van der Waals surface area contributed by atoms with Crippen LogP contribution in [0.4, 0.5) is 4.39 Å². The summed E-state index contributed by atoms with van der Waals surface area (Å²) >= 11 is 3.52. The van der Waals surface area contributed by atoms with Crippen molar-refractivity contribution in [2.24, 2.45) is 5.84 Å². The number of nitrogens with two attached hydrogens (primary N) is 1. The molecule has 0 bridgehead atoms. The van der Waals surface area contributed by atoms with E-state index in [1.54, 1.807) is 7.11 Å². The third-order valence-electron chi connectivity index (χ3n) is 3.34. The molecule has 5 heteroatoms. The second-order valence-corrected chi connectivity index (χ2v) is 5.80. The van der Waals surface area contributed by atoms with Gasteiger partial charge in [0.05, 0.1) is 13.2 Å². The van der Waals surface area contributed by atoms with Gasteiger partial charge in [0.2, 0.25) is 0 Å². The molecule has 0 fully saturated rings. The molecule has 21 heavy (non-hydrogen) atoms. The van der Waals surface area contributed by atoms with E-state index in [4.69, 9.17) is 10.6 Å². The number of nitrogens with one attached hydrogen (secondary N) is 1. The summed E-state index contributed by atoms with van der Waals surface area (Å²) < 4.78 is 19.8. The number of methoxy groups -OCH3 is 1. The van der Waals surface area contributed by atoms with E-state index in [-0.39, 0.29) is 11.9 Å². The Morgan fingerprint density at radius 1 is 1.29 bits per heavy atom. The van der Waals surface area contributed by atoms with Crippen molar-refractivity contribution in [3.8, 4) is 5.75 Å². The first-order valence-corrected chi connectivity index (χ1v) is 7.38. The van der Waals surface area contributed by atoms with E-state index in [0.29, 0.717) is 6.42 Å². The lowest BCUT2D eigenvalue weighted by Crippen LogP contribution is -2.29. The fraction of sp³-hybridized carbons (Fsp3) is 0.250. The van der Waals surface area contributed by atoms with Crippen LogP contribution in [-0.2, 0) is 6.42 Å². The van der Waals surface area contributed by atoms with Gasteiger partial charge in [0.15, 0.2) is 0 Å². The Morgan fingerprint density at radius 2 is 2.05 bits per heavy atom. The van der Waals surface area contributed by atoms with Gasteiger partial charge >= 0.3 is 0 Å². The molecule has 3 N–H and O–H groups in total. The van der Waals surface area contributed by atoms with Gasteiger partial charge < -0.3 is 4.74 Å². The molecule has 1 atom stereocenters. The standard InChI is InChI=1S/C16H18BrFN2O/c1-10-5-12(7-13(18)6-10)16(20-19)9-11-8-14(21-2)3-4-15(11)17/h3-8,16,20H,9,19H2,1-2H3. The quantitative estimate of drug-likeness (QED) is 0.637. The van der Waals surface area contributed by atoms with E-state index in [9.17, 15) is 4.39 Å². The van der Waals surface area contributed by atoms with Gasteiger partial charge in [-0.25, -0.2) is 4.39 Å². The molecule has 0 spiro atoms. The van der Waals surface area contributed by atoms with E-state index < -0.39 is 0 Å². The second kappa shape index (κ2) is 7.02. The highest BCUT2D eigenvalue weighted by molar-refractivity contribution is 9.10. The fourth-order valence-corrected chi connectivity index (χ4v) is 2.70. The van der Waals surface area contributed by atoms with Crippen molar-refractivity contribution in [1.29, 1.82) is 0 Å². The molecule has 0 amide bonds. The number of hydrogen-bond acceptors (Lipinski definition) is 3. The zero-order valence-corrected chi connectivity index (χ0v) is 13.6. The SMILES string of the molecule is COc1ccc(Br)c(CC(NN)c2cc(C)cc(F)c2)c1. The van der Waals surface area contributed by atoms with Crippen molar-refractivity contribution in [2.75, 3.05) is 7.11 Å². The first-order chi connectivity index (χ1) is 10.0. The number of hydrogen-bond donors (Lipinski definition) is 2. The average Bonchev–Trinajstić information content (AvgIpc) is 2.45. The van der Waals surface area contributed by atoms with Crippen molar-refractivity contribution in [3.63, 3.8) is 0 Å². The van der Waals surface area contributed by atoms with Gasteiger partial charge in [-0.05, 0) is 60.4 Å². The minimum Gasteiger partial charge on any atom is -0.497 e. The van der Waals surface area contributed by atoms with Crippen LogP contribution in [0.25, 0.3) is 0 Å². The molecule has 0 heterocycles. The minimum absolute atomic E-state index is 0.178. The van der Waals surface area contributed by atoms with E-state index in [1.165, 1.54) is 12.1 Å². The smallest absolute Gasteiger partial charge is 0.123 e. The van der Waals surface area contributed by atoms with E-state index >= 15 is 0 Å². The maximum atomic E-state index is 13.6. The summed E-state index contributed by atoms with van der Waals surface area (Å²) in [6.45, 7) is 1.86. The zero-order valence-electron chi connectivity index (χ0n) is 12.0. The maximum Gasteiger partial charge on any atom is 0.123 e. The number of rotatable bonds is 5. The predicted molar refractivity (Wildman–Crippen MR) is 85.6 cm³/mol. The number of hydrazine groups is 1. The zero-order chi connectivity index (χ0) is 15.4. The molecule has 0 aliphatic carbocycles. The highest BCUT2D eigenvalue weighted by atomic mass is 79.9. The summed E-state index contributed by atoms with van der Waals surface area (Å²) in [5.41, 5.74) is 5.49. The summed E-state index contributed by atoms with van der Waals surface area (Å²) in [7, 11) is 1.63. The third kappa shape index (κ3) is 4.03. The molecule has 0 radical (unpaired) electrons. The van der Waals surface area contributed by atoms with Crippen LogP contribution in [0.1, 0.15) is 22.7 Å². The molecule has 2 rings (SSSR count). The van der Waals surface area contributed by atoms with Gasteiger partial charge in [0.25, 0.3) is 0 Å². The Kier molecular flexibility index (Phi) is 5.33. The van der Waals surface area contributed by atoms with Crippen LogP contribution in [0.15, 0.2) is 40.9 Å². The molecule has 0 aliphatic heterocycles. The van der Waals surface area contributed by atoms with Crippen LogP contribution in [0.2, 0.25) is 0 Å². The van der Waals surface area contributed by atoms with E-state index in [1.807, 2.05) is 31.2 Å². The Balaban J connectivity index is 2.30. The summed E-state index contributed by atoms with van der Waals surface area (Å²) in [6, 6.07) is 10.5. The number of aryl methyl sites for hydroxylation is 1. The Bertz CT molecular complexity index is 613. The molecular formula is C16H18BrFN2O. The van der Waals surface area contributed by atoms with Crippen LogP contribution in [0.3, 0.4) is 0 Å². The van der Waals surface area contributed by atoms with E-state index in [2.05, 4.69) is 21.4 Å². The molecule has 2 aromatic rings. The van der Waals surface area contributed by atoms with Crippen LogP contribution < -0.4 is 16.0 Å². The topological polar surface area (TPSA) is 47.3 Å². The van der Waals surface area contributed by atoms with Crippen molar-refractivity contribution in [1.82, 2.24) is 5.43 Å². The number of ether oxygens (including phenoxy) is 1. The third-order valence-corrected chi connectivity index (χ3v) is 4.12. The molecule has 2 aromatic carbocycles. The predicted octanol–water partition coefficient (Wildman–Crippen LogP) is 3.65. The van der Waals surface area contributed by atoms with Gasteiger partial charge in [-0.1, -0.05) is 22.0 Å². The largest absolute Gasteiger partial charge is 0.497 e. The van der Waals surface area contributed by atoms with Crippen molar-refractivity contribution in [2.45, 2.75) is 19.4 Å². The molecular weight excluding hydrogens is 335 g/mol. The highest BCUT2D eigenvalue weighted by Crippen LogP contribution is 2.27. The second-order valence-electron chi connectivity index (χ2n) is 4.94. The molecule has 0 aliphatic rings. The fourth-order valence-electron chi connectivity index (χ4n) is 2.29. The number of halogens is 2.